The third kappa shape index (κ3) is 15.9. The number of imidazole rings is 1. The lowest BCUT2D eigenvalue weighted by molar-refractivity contribution is -0.113. The van der Waals surface area contributed by atoms with Gasteiger partial charge >= 0.3 is 11.9 Å². The van der Waals surface area contributed by atoms with Gasteiger partial charge in [0.2, 0.25) is 0 Å². The first-order valence-corrected chi connectivity index (χ1v) is 20.9. The van der Waals surface area contributed by atoms with Crippen LogP contribution in [0.5, 0.6) is 0 Å². The Morgan fingerprint density at radius 3 is 1.61 bits per heavy atom. The second-order valence-electron chi connectivity index (χ2n) is 15.6. The third-order valence-corrected chi connectivity index (χ3v) is 10.6. The number of carbonyl (C=O) groups excluding carboxylic acids is 1. The fraction of sp³-hybridized carbons (Fsp3) is 0.500. The number of hydrogen-bond acceptors (Lipinski definition) is 16. The van der Waals surface area contributed by atoms with Gasteiger partial charge in [0.25, 0.3) is 5.91 Å². The van der Waals surface area contributed by atoms with Gasteiger partial charge in [-0.2, -0.15) is 0 Å². The van der Waals surface area contributed by atoms with Crippen LogP contribution in [-0.2, 0) is 6.42 Å². The highest BCUT2D eigenvalue weighted by Gasteiger charge is 2.30. The van der Waals surface area contributed by atoms with Gasteiger partial charge in [0, 0.05) is 30.0 Å². The smallest absolute Gasteiger partial charge is 0.335 e. The first-order valence-electron chi connectivity index (χ1n) is 20.9. The van der Waals surface area contributed by atoms with Gasteiger partial charge in [-0.25, -0.2) is 14.6 Å². The van der Waals surface area contributed by atoms with Crippen LogP contribution in [0.4, 0.5) is 5.69 Å². The van der Waals surface area contributed by atoms with E-state index in [0.717, 1.165) is 53.8 Å². The molecule has 1 fully saturated rings. The van der Waals surface area contributed by atoms with E-state index in [0.29, 0.717) is 18.2 Å². The molecule has 0 bridgehead atoms. The summed E-state index contributed by atoms with van der Waals surface area (Å²) in [7, 11) is 3.15. The topological polar surface area (TPSA) is 359 Å². The van der Waals surface area contributed by atoms with E-state index in [1.807, 2.05) is 42.5 Å². The molecule has 354 valence electrons. The number of carbonyl (C=O) groups is 3. The zero-order valence-electron chi connectivity index (χ0n) is 35.8. The summed E-state index contributed by atoms with van der Waals surface area (Å²) in [5, 5.41) is 119. The molecule has 1 aliphatic carbocycles. The zero-order valence-corrected chi connectivity index (χ0v) is 35.8. The molecule has 0 saturated heterocycles. The van der Waals surface area contributed by atoms with Crippen molar-refractivity contribution in [1.82, 2.24) is 20.6 Å². The van der Waals surface area contributed by atoms with Crippen molar-refractivity contribution in [2.75, 3.05) is 45.7 Å². The summed E-state index contributed by atoms with van der Waals surface area (Å²) >= 11 is 0. The van der Waals surface area contributed by atoms with E-state index in [1.54, 1.807) is 14.1 Å². The Bertz CT molecular complexity index is 2000. The monoisotopic (exact) mass is 901 g/mol. The summed E-state index contributed by atoms with van der Waals surface area (Å²) in [6.45, 7) is -1.14. The van der Waals surface area contributed by atoms with Crippen molar-refractivity contribution in [3.05, 3.63) is 83.2 Å². The van der Waals surface area contributed by atoms with E-state index in [9.17, 15) is 34.8 Å². The van der Waals surface area contributed by atoms with Crippen LogP contribution in [0, 0.1) is 5.92 Å². The molecule has 5 rings (SSSR count). The minimum absolute atomic E-state index is 0.0861. The standard InChI is InChI=1S/C30H29N3O5.2C7H17NO5/c34-28(31-24-16-22(29(35)36)15-23(17-24)30(37)38)26-25(13-18-7-3-1-2-4-8-18)32-27(33-26)21-12-11-19-9-5-6-10-20(19)14-21;2*1-8-2-4(10)6(12)7(13)5(11)3-9/h5-6,9-12,14-18H,1-4,7-8,13H2,(H,31,34)(H,32,33)(H,35,36)(H,37,38);2*4-13H,2-3H2,1H3/t;2*4-,5+,6+,7+/m.00/s1. The predicted octanol–water partition coefficient (Wildman–Crippen LogP) is -0.325. The fourth-order valence-electron chi connectivity index (χ4n) is 7.00. The summed E-state index contributed by atoms with van der Waals surface area (Å²) in [5.74, 6) is -2.07. The molecule has 20 heteroatoms. The molecule has 3 aromatic carbocycles. The van der Waals surface area contributed by atoms with Crippen molar-refractivity contribution in [3.63, 3.8) is 0 Å². The van der Waals surface area contributed by atoms with Crippen LogP contribution < -0.4 is 16.0 Å². The highest BCUT2D eigenvalue weighted by molar-refractivity contribution is 6.06. The molecule has 64 heavy (non-hydrogen) atoms. The number of carboxylic acids is 2. The number of benzene rings is 3. The van der Waals surface area contributed by atoms with Crippen LogP contribution >= 0.6 is 0 Å². The lowest BCUT2D eigenvalue weighted by Gasteiger charge is -2.25. The molecule has 1 saturated carbocycles. The number of hydrogen-bond donors (Lipinski definition) is 16. The van der Waals surface area contributed by atoms with Gasteiger partial charge < -0.3 is 82.2 Å². The van der Waals surface area contributed by atoms with Crippen molar-refractivity contribution in [2.45, 2.75) is 93.8 Å². The van der Waals surface area contributed by atoms with Crippen molar-refractivity contribution >= 4 is 34.3 Å². The zero-order chi connectivity index (χ0) is 47.5. The number of aliphatic hydroxyl groups excluding tert-OH is 10. The Balaban J connectivity index is 0.000000344. The second-order valence-corrected chi connectivity index (χ2v) is 15.6. The maximum absolute atomic E-state index is 13.5. The summed E-state index contributed by atoms with van der Waals surface area (Å²) in [6.07, 6.45) is -3.66. The van der Waals surface area contributed by atoms with Gasteiger partial charge in [-0.1, -0.05) is 74.9 Å². The van der Waals surface area contributed by atoms with E-state index in [4.69, 9.17) is 40.9 Å². The number of H-pyrrole nitrogens is 1. The van der Waals surface area contributed by atoms with Crippen LogP contribution in [0.2, 0.25) is 0 Å². The summed E-state index contributed by atoms with van der Waals surface area (Å²) in [6, 6.07) is 17.6. The normalized spacial score (nSPS) is 16.9. The number of aromatic nitrogens is 2. The highest BCUT2D eigenvalue weighted by Crippen LogP contribution is 2.30. The molecule has 8 atom stereocenters. The maximum atomic E-state index is 13.5. The van der Waals surface area contributed by atoms with Gasteiger partial charge in [0.1, 0.15) is 48.1 Å². The molecule has 0 aliphatic heterocycles. The Kier molecular flexibility index (Phi) is 22.3. The van der Waals surface area contributed by atoms with Crippen molar-refractivity contribution in [3.8, 4) is 11.4 Å². The van der Waals surface area contributed by atoms with Crippen LogP contribution in [-0.4, -0.2) is 178 Å². The van der Waals surface area contributed by atoms with Crippen molar-refractivity contribution in [1.29, 1.82) is 0 Å². The number of likely N-dealkylation sites (N-methyl/N-ethyl adjacent to an activating group) is 2. The molecular formula is C44H63N5O15. The first-order chi connectivity index (χ1) is 30.4. The number of carboxylic acid groups (broad SMARTS) is 2. The van der Waals surface area contributed by atoms with Gasteiger partial charge in [0.05, 0.1) is 36.5 Å². The van der Waals surface area contributed by atoms with Crippen LogP contribution in [0.25, 0.3) is 22.2 Å². The summed E-state index contributed by atoms with van der Waals surface area (Å²) in [5.41, 5.74) is 1.45. The number of nitrogens with zero attached hydrogens (tertiary/aromatic N) is 1. The highest BCUT2D eigenvalue weighted by atomic mass is 16.4. The Morgan fingerprint density at radius 1 is 0.656 bits per heavy atom. The second kappa shape index (κ2) is 26.8. The summed E-state index contributed by atoms with van der Waals surface area (Å²) < 4.78 is 0. The number of rotatable bonds is 19. The SMILES string of the molecule is CNC[C@H](O)[C@@H](O)[C@H](O)[C@H](O)CO.CNC[C@H](O)[C@@H](O)[C@H](O)[C@H](O)CO.O=C(O)c1cc(NC(=O)c2nc(-c3ccc4ccccc4c3)[nH]c2CC2CCCCCC2)cc(C(=O)O)c1. The molecule has 1 amide bonds. The lowest BCUT2D eigenvalue weighted by atomic mass is 9.94. The molecular weight excluding hydrogens is 839 g/mol. The largest absolute Gasteiger partial charge is 0.478 e. The Labute approximate surface area is 369 Å². The quantitative estimate of drug-likeness (QED) is 0.0536. The van der Waals surface area contributed by atoms with E-state index >= 15 is 0 Å². The lowest BCUT2D eigenvalue weighted by Crippen LogP contribution is -2.48. The van der Waals surface area contributed by atoms with E-state index < -0.39 is 79.9 Å². The number of fused-ring (bicyclic) bond motifs is 1. The number of aromatic amines is 1. The summed E-state index contributed by atoms with van der Waals surface area (Å²) in [4.78, 5) is 44.6. The minimum atomic E-state index is -1.55. The van der Waals surface area contributed by atoms with Gasteiger partial charge in [-0.15, -0.1) is 0 Å². The maximum Gasteiger partial charge on any atom is 0.335 e. The molecule has 4 aromatic rings. The average molecular weight is 902 g/mol. The van der Waals surface area contributed by atoms with Crippen molar-refractivity contribution in [2.24, 2.45) is 5.92 Å². The molecule has 16 N–H and O–H groups in total. The number of aromatic carboxylic acids is 2. The van der Waals surface area contributed by atoms with Crippen LogP contribution in [0.15, 0.2) is 60.7 Å². The van der Waals surface area contributed by atoms with E-state index in [-0.39, 0.29) is 35.6 Å². The predicted molar refractivity (Wildman–Crippen MR) is 235 cm³/mol. The molecule has 20 nitrogen and oxygen atoms in total. The molecule has 1 aromatic heterocycles. The first kappa shape index (κ1) is 53.4. The fourth-order valence-corrected chi connectivity index (χ4v) is 7.00. The third-order valence-electron chi connectivity index (χ3n) is 10.6. The number of nitrogens with one attached hydrogen (secondary N) is 4. The van der Waals surface area contributed by atoms with Crippen LogP contribution in [0.3, 0.4) is 0 Å². The van der Waals surface area contributed by atoms with Crippen LogP contribution in [0.1, 0.15) is 75.4 Å². The number of anilines is 1. The van der Waals surface area contributed by atoms with Gasteiger partial charge in [-0.3, -0.25) is 4.79 Å². The Morgan fingerprint density at radius 2 is 1.14 bits per heavy atom. The number of amides is 1. The Hall–Kier alpha value is -4.94. The van der Waals surface area contributed by atoms with Crippen molar-refractivity contribution < 1.29 is 75.7 Å². The molecule has 0 unspecified atom stereocenters. The molecule has 0 radical (unpaired) electrons. The molecule has 1 heterocycles. The average Bonchev–Trinajstić information content (AvgIpc) is 3.54. The number of aliphatic hydroxyl groups is 10. The van der Waals surface area contributed by atoms with E-state index in [1.165, 1.54) is 25.0 Å². The van der Waals surface area contributed by atoms with E-state index in [2.05, 4.69) is 25.9 Å². The minimum Gasteiger partial charge on any atom is -0.478 e. The van der Waals surface area contributed by atoms with Gasteiger partial charge in [0.15, 0.2) is 0 Å². The molecule has 1 aliphatic rings. The molecule has 0 spiro atoms. The van der Waals surface area contributed by atoms with Gasteiger partial charge in [-0.05, 0) is 61.5 Å².